The minimum atomic E-state index is 0.562. The number of anilines is 1. The summed E-state index contributed by atoms with van der Waals surface area (Å²) in [5.74, 6) is 2.19. The summed E-state index contributed by atoms with van der Waals surface area (Å²) in [5.41, 5.74) is 4.48. The van der Waals surface area contributed by atoms with E-state index in [0.29, 0.717) is 18.3 Å². The Balaban J connectivity index is 1.63. The van der Waals surface area contributed by atoms with Crippen molar-refractivity contribution in [3.63, 3.8) is 0 Å². The summed E-state index contributed by atoms with van der Waals surface area (Å²) in [6.45, 7) is 2.84. The highest BCUT2D eigenvalue weighted by Gasteiger charge is 2.20. The summed E-state index contributed by atoms with van der Waals surface area (Å²) in [7, 11) is 2.57. The maximum absolute atomic E-state index is 5.13. The van der Waals surface area contributed by atoms with Crippen LogP contribution in [-0.2, 0) is 6.54 Å². The number of nitrogens with one attached hydrogen (secondary N) is 1. The van der Waals surface area contributed by atoms with Crippen molar-refractivity contribution in [2.24, 2.45) is 0 Å². The van der Waals surface area contributed by atoms with Gasteiger partial charge in [0, 0.05) is 42.7 Å². The van der Waals surface area contributed by atoms with E-state index in [2.05, 4.69) is 28.3 Å². The number of methoxy groups -OCH3 is 1. The minimum absolute atomic E-state index is 0.562. The molecule has 1 saturated carbocycles. The molecule has 1 aliphatic rings. The first-order valence-electron chi connectivity index (χ1n) is 9.89. The normalized spacial score (nSPS) is 15.0. The fourth-order valence-electron chi connectivity index (χ4n) is 3.84. The van der Waals surface area contributed by atoms with Crippen LogP contribution in [0.5, 0.6) is 5.88 Å². The van der Waals surface area contributed by atoms with Crippen molar-refractivity contribution >= 4 is 24.2 Å². The molecule has 0 bridgehead atoms. The standard InChI is InChI=1S/C20H26BN5O/c1-21-16-13-24-26-18(22-11-14-8-9-19(27-2)23-12-14)10-17(25-20(16)26)15-6-4-3-5-7-15/h8-10,12-13,15,21-22H,3-7,11H2,1-2H3. The predicted octanol–water partition coefficient (Wildman–Crippen LogP) is 2.90. The molecule has 0 atom stereocenters. The maximum atomic E-state index is 5.13. The van der Waals surface area contributed by atoms with Crippen LogP contribution in [0.15, 0.2) is 30.6 Å². The van der Waals surface area contributed by atoms with Crippen LogP contribution in [0, 0.1) is 0 Å². The first-order valence-corrected chi connectivity index (χ1v) is 9.89. The summed E-state index contributed by atoms with van der Waals surface area (Å²) in [4.78, 5) is 9.28. The number of hydrogen-bond acceptors (Lipinski definition) is 5. The van der Waals surface area contributed by atoms with Crippen LogP contribution < -0.4 is 15.5 Å². The summed E-state index contributed by atoms with van der Waals surface area (Å²) in [5, 5.41) is 8.11. The van der Waals surface area contributed by atoms with Gasteiger partial charge >= 0.3 is 0 Å². The molecule has 0 aliphatic heterocycles. The van der Waals surface area contributed by atoms with Gasteiger partial charge in [0.15, 0.2) is 12.9 Å². The van der Waals surface area contributed by atoms with E-state index in [4.69, 9.17) is 9.72 Å². The molecular formula is C20H26BN5O. The highest BCUT2D eigenvalue weighted by atomic mass is 16.5. The third kappa shape index (κ3) is 3.77. The van der Waals surface area contributed by atoms with Gasteiger partial charge in [0.05, 0.1) is 7.11 Å². The van der Waals surface area contributed by atoms with Gasteiger partial charge in [0.25, 0.3) is 0 Å². The zero-order chi connectivity index (χ0) is 18.6. The van der Waals surface area contributed by atoms with E-state index in [9.17, 15) is 0 Å². The number of hydrogen-bond donors (Lipinski definition) is 1. The van der Waals surface area contributed by atoms with Crippen LogP contribution >= 0.6 is 0 Å². The smallest absolute Gasteiger partial charge is 0.212 e. The second-order valence-electron chi connectivity index (χ2n) is 7.22. The second kappa shape index (κ2) is 7.98. The van der Waals surface area contributed by atoms with E-state index in [1.807, 2.05) is 29.0 Å². The van der Waals surface area contributed by atoms with Crippen molar-refractivity contribution in [3.05, 3.63) is 41.9 Å². The largest absolute Gasteiger partial charge is 0.481 e. The fraction of sp³-hybridized carbons (Fsp3) is 0.450. The van der Waals surface area contributed by atoms with E-state index >= 15 is 0 Å². The molecule has 27 heavy (non-hydrogen) atoms. The van der Waals surface area contributed by atoms with Gasteiger partial charge in [-0.05, 0) is 23.9 Å². The van der Waals surface area contributed by atoms with Gasteiger partial charge in [-0.25, -0.2) is 9.97 Å². The van der Waals surface area contributed by atoms with E-state index in [0.717, 1.165) is 24.3 Å². The van der Waals surface area contributed by atoms with E-state index < -0.39 is 0 Å². The Morgan fingerprint density at radius 3 is 2.78 bits per heavy atom. The molecule has 4 rings (SSSR count). The molecule has 0 unspecified atom stereocenters. The molecule has 7 heteroatoms. The average Bonchev–Trinajstić information content (AvgIpc) is 3.16. The number of fused-ring (bicyclic) bond motifs is 1. The topological polar surface area (TPSA) is 64.3 Å². The molecule has 0 radical (unpaired) electrons. The number of pyridine rings is 1. The second-order valence-corrected chi connectivity index (χ2v) is 7.22. The Morgan fingerprint density at radius 1 is 1.22 bits per heavy atom. The first-order chi connectivity index (χ1) is 13.3. The lowest BCUT2D eigenvalue weighted by Crippen LogP contribution is -2.16. The summed E-state index contributed by atoms with van der Waals surface area (Å²) in [6.07, 6.45) is 10.2. The summed E-state index contributed by atoms with van der Waals surface area (Å²) < 4.78 is 7.07. The van der Waals surface area contributed by atoms with E-state index in [1.165, 1.54) is 43.3 Å². The van der Waals surface area contributed by atoms with Crippen molar-refractivity contribution in [3.8, 4) is 5.88 Å². The molecule has 0 saturated heterocycles. The lowest BCUT2D eigenvalue weighted by atomic mass is 9.75. The Bertz CT molecular complexity index is 903. The molecule has 140 valence electrons. The van der Waals surface area contributed by atoms with Crippen LogP contribution in [0.25, 0.3) is 5.65 Å². The molecule has 6 nitrogen and oxygen atoms in total. The number of rotatable bonds is 6. The van der Waals surface area contributed by atoms with Crippen LogP contribution in [0.1, 0.15) is 49.3 Å². The Labute approximate surface area is 160 Å². The summed E-state index contributed by atoms with van der Waals surface area (Å²) in [6, 6.07) is 6.10. The third-order valence-electron chi connectivity index (χ3n) is 5.45. The average molecular weight is 363 g/mol. The SMILES string of the molecule is CBc1cnn2c(NCc3ccc(OC)nc3)cc(C3CCCCC3)nc12. The van der Waals surface area contributed by atoms with Crippen LogP contribution in [-0.4, -0.2) is 34.0 Å². The maximum Gasteiger partial charge on any atom is 0.212 e. The molecule has 1 aliphatic carbocycles. The number of ether oxygens (including phenoxy) is 1. The molecule has 3 aromatic heterocycles. The predicted molar refractivity (Wildman–Crippen MR) is 110 cm³/mol. The van der Waals surface area contributed by atoms with Gasteiger partial charge in [-0.2, -0.15) is 9.61 Å². The van der Waals surface area contributed by atoms with Gasteiger partial charge < -0.3 is 10.1 Å². The van der Waals surface area contributed by atoms with Gasteiger partial charge in [-0.3, -0.25) is 0 Å². The number of aromatic nitrogens is 4. The van der Waals surface area contributed by atoms with Crippen LogP contribution in [0.3, 0.4) is 0 Å². The molecule has 3 heterocycles. The Kier molecular flexibility index (Phi) is 5.27. The molecule has 0 aromatic carbocycles. The highest BCUT2D eigenvalue weighted by molar-refractivity contribution is 6.54. The quantitative estimate of drug-likeness (QED) is 0.683. The molecule has 1 fully saturated rings. The zero-order valence-corrected chi connectivity index (χ0v) is 16.1. The van der Waals surface area contributed by atoms with Crippen molar-refractivity contribution in [1.82, 2.24) is 19.6 Å². The van der Waals surface area contributed by atoms with Crippen molar-refractivity contribution in [2.75, 3.05) is 12.4 Å². The zero-order valence-electron chi connectivity index (χ0n) is 16.1. The Hall–Kier alpha value is -2.57. The van der Waals surface area contributed by atoms with Crippen molar-refractivity contribution in [1.29, 1.82) is 0 Å². The Morgan fingerprint density at radius 2 is 2.07 bits per heavy atom. The van der Waals surface area contributed by atoms with Crippen molar-refractivity contribution in [2.45, 2.75) is 51.4 Å². The van der Waals surface area contributed by atoms with E-state index in [1.54, 1.807) is 7.11 Å². The molecular weight excluding hydrogens is 337 g/mol. The first kappa shape index (κ1) is 17.8. The van der Waals surface area contributed by atoms with Crippen molar-refractivity contribution < 1.29 is 4.74 Å². The highest BCUT2D eigenvalue weighted by Crippen LogP contribution is 2.32. The van der Waals surface area contributed by atoms with E-state index in [-0.39, 0.29) is 0 Å². The van der Waals surface area contributed by atoms with Crippen LogP contribution in [0.2, 0.25) is 6.82 Å². The summed E-state index contributed by atoms with van der Waals surface area (Å²) >= 11 is 0. The van der Waals surface area contributed by atoms with Crippen LogP contribution in [0.4, 0.5) is 5.82 Å². The van der Waals surface area contributed by atoms with Gasteiger partial charge in [-0.1, -0.05) is 32.2 Å². The van der Waals surface area contributed by atoms with Gasteiger partial charge in [-0.15, -0.1) is 0 Å². The molecule has 0 spiro atoms. The molecule has 0 amide bonds. The van der Waals surface area contributed by atoms with Gasteiger partial charge in [0.1, 0.15) is 5.82 Å². The lowest BCUT2D eigenvalue weighted by Gasteiger charge is -2.22. The molecule has 1 N–H and O–H groups in total. The number of nitrogens with zero attached hydrogens (tertiary/aromatic N) is 4. The minimum Gasteiger partial charge on any atom is -0.481 e. The molecule has 3 aromatic rings. The third-order valence-corrected chi connectivity index (χ3v) is 5.45. The monoisotopic (exact) mass is 363 g/mol. The lowest BCUT2D eigenvalue weighted by molar-refractivity contribution is 0.397. The fourth-order valence-corrected chi connectivity index (χ4v) is 3.84. The van der Waals surface area contributed by atoms with Gasteiger partial charge in [0.2, 0.25) is 5.88 Å².